The molecule has 1 saturated carbocycles. The topological polar surface area (TPSA) is 55.6 Å². The molecule has 1 aliphatic rings. The maximum atomic E-state index is 4.54. The molecule has 3 rings (SSSR count). The number of aryl methyl sites for hydroxylation is 1. The van der Waals surface area contributed by atoms with Crippen LogP contribution in [-0.4, -0.2) is 19.7 Å². The number of hydrogen-bond donors (Lipinski definition) is 1. The molecule has 1 N–H and O–H groups in total. The van der Waals surface area contributed by atoms with Crippen molar-refractivity contribution in [2.24, 2.45) is 5.92 Å². The van der Waals surface area contributed by atoms with E-state index in [-0.39, 0.29) is 0 Å². The van der Waals surface area contributed by atoms with Crippen LogP contribution in [0.3, 0.4) is 0 Å². The Bertz CT molecular complexity index is 571. The molecule has 0 aliphatic heterocycles. The van der Waals surface area contributed by atoms with Gasteiger partial charge in [0.2, 0.25) is 0 Å². The first-order valence-corrected chi connectivity index (χ1v) is 7.34. The lowest BCUT2D eigenvalue weighted by atomic mass is 10.1. The normalized spacial score (nSPS) is 14.8. The Hall–Kier alpha value is -1.91. The molecule has 2 heterocycles. The molecule has 0 saturated heterocycles. The molecule has 1 fully saturated rings. The lowest BCUT2D eigenvalue weighted by Gasteiger charge is -2.05. The molecular weight excluding hydrogens is 250 g/mol. The number of hydrogen-bond acceptors (Lipinski definition) is 4. The van der Waals surface area contributed by atoms with Crippen LogP contribution in [-0.2, 0) is 6.54 Å². The fourth-order valence-corrected chi connectivity index (χ4v) is 2.06. The Kier molecular flexibility index (Phi) is 3.67. The first kappa shape index (κ1) is 13.1. The molecule has 106 valence electrons. The molecule has 2 aromatic rings. The molecule has 1 aliphatic carbocycles. The van der Waals surface area contributed by atoms with E-state index in [1.54, 1.807) is 0 Å². The van der Waals surface area contributed by atoms with Gasteiger partial charge in [-0.1, -0.05) is 13.8 Å². The van der Waals surface area contributed by atoms with Gasteiger partial charge in [0.15, 0.2) is 5.82 Å². The van der Waals surface area contributed by atoms with Crippen LogP contribution < -0.4 is 5.32 Å². The highest BCUT2D eigenvalue weighted by molar-refractivity contribution is 5.50. The monoisotopic (exact) mass is 271 g/mol. The smallest absolute Gasteiger partial charge is 0.153 e. The standard InChI is InChI=1S/C15H21N5/c1-11(2)6-9-20-10-7-14(19-20)17-13-5-8-16-15(18-13)12-3-4-12/h5,7-8,10-12H,3-4,6,9H2,1-2H3,(H,16,17,18,19). The third-order valence-corrected chi connectivity index (χ3v) is 3.45. The molecule has 0 radical (unpaired) electrons. The van der Waals surface area contributed by atoms with Gasteiger partial charge in [-0.3, -0.25) is 4.68 Å². The van der Waals surface area contributed by atoms with Crippen LogP contribution in [0.2, 0.25) is 0 Å². The zero-order chi connectivity index (χ0) is 13.9. The predicted octanol–water partition coefficient (Wildman–Crippen LogP) is 3.34. The van der Waals surface area contributed by atoms with Crippen molar-refractivity contribution in [1.82, 2.24) is 19.7 Å². The largest absolute Gasteiger partial charge is 0.323 e. The third-order valence-electron chi connectivity index (χ3n) is 3.45. The summed E-state index contributed by atoms with van der Waals surface area (Å²) in [6.07, 6.45) is 7.40. The Balaban J connectivity index is 1.63. The molecule has 20 heavy (non-hydrogen) atoms. The Morgan fingerprint density at radius 1 is 1.30 bits per heavy atom. The van der Waals surface area contributed by atoms with Crippen LogP contribution in [0.25, 0.3) is 0 Å². The van der Waals surface area contributed by atoms with Crippen molar-refractivity contribution >= 4 is 11.6 Å². The first-order valence-electron chi connectivity index (χ1n) is 7.34. The summed E-state index contributed by atoms with van der Waals surface area (Å²) in [4.78, 5) is 8.86. The summed E-state index contributed by atoms with van der Waals surface area (Å²) < 4.78 is 1.98. The number of nitrogens with zero attached hydrogens (tertiary/aromatic N) is 4. The van der Waals surface area contributed by atoms with E-state index in [0.29, 0.717) is 11.8 Å². The highest BCUT2D eigenvalue weighted by Gasteiger charge is 2.26. The first-order chi connectivity index (χ1) is 9.70. The van der Waals surface area contributed by atoms with E-state index in [9.17, 15) is 0 Å². The van der Waals surface area contributed by atoms with E-state index >= 15 is 0 Å². The SMILES string of the molecule is CC(C)CCn1ccc(Nc2ccnc(C3CC3)n2)n1. The van der Waals surface area contributed by atoms with Gasteiger partial charge in [0, 0.05) is 30.9 Å². The fourth-order valence-electron chi connectivity index (χ4n) is 2.06. The lowest BCUT2D eigenvalue weighted by molar-refractivity contribution is 0.488. The van der Waals surface area contributed by atoms with Crippen LogP contribution >= 0.6 is 0 Å². The van der Waals surface area contributed by atoms with Crippen molar-refractivity contribution < 1.29 is 0 Å². The van der Waals surface area contributed by atoms with Crippen LogP contribution in [0.15, 0.2) is 24.5 Å². The van der Waals surface area contributed by atoms with Crippen molar-refractivity contribution in [3.05, 3.63) is 30.4 Å². The summed E-state index contributed by atoms with van der Waals surface area (Å²) in [5.41, 5.74) is 0. The summed E-state index contributed by atoms with van der Waals surface area (Å²) in [5.74, 6) is 3.89. The van der Waals surface area contributed by atoms with Gasteiger partial charge in [-0.15, -0.1) is 0 Å². The third kappa shape index (κ3) is 3.35. The summed E-state index contributed by atoms with van der Waals surface area (Å²) in [6.45, 7) is 5.41. The summed E-state index contributed by atoms with van der Waals surface area (Å²) >= 11 is 0. The average molecular weight is 271 g/mol. The molecule has 2 aromatic heterocycles. The van der Waals surface area contributed by atoms with Gasteiger partial charge in [0.25, 0.3) is 0 Å². The average Bonchev–Trinajstić information content (AvgIpc) is 3.19. The van der Waals surface area contributed by atoms with Crippen molar-refractivity contribution in [3.8, 4) is 0 Å². The number of aromatic nitrogens is 4. The maximum Gasteiger partial charge on any atom is 0.153 e. The van der Waals surface area contributed by atoms with E-state index in [0.717, 1.165) is 30.4 Å². The van der Waals surface area contributed by atoms with Crippen molar-refractivity contribution in [2.75, 3.05) is 5.32 Å². The van der Waals surface area contributed by atoms with Crippen LogP contribution in [0.5, 0.6) is 0 Å². The summed E-state index contributed by atoms with van der Waals surface area (Å²) in [5, 5.41) is 7.76. The quantitative estimate of drug-likeness (QED) is 0.875. The maximum absolute atomic E-state index is 4.54. The molecule has 5 nitrogen and oxygen atoms in total. The van der Waals surface area contributed by atoms with Gasteiger partial charge >= 0.3 is 0 Å². The Morgan fingerprint density at radius 2 is 2.15 bits per heavy atom. The second-order valence-electron chi connectivity index (χ2n) is 5.85. The van der Waals surface area contributed by atoms with Gasteiger partial charge in [0.1, 0.15) is 11.6 Å². The van der Waals surface area contributed by atoms with E-state index in [4.69, 9.17) is 0 Å². The summed E-state index contributed by atoms with van der Waals surface area (Å²) in [6, 6.07) is 3.87. The van der Waals surface area contributed by atoms with Crippen LogP contribution in [0.4, 0.5) is 11.6 Å². The minimum Gasteiger partial charge on any atom is -0.323 e. The molecule has 0 unspecified atom stereocenters. The summed E-state index contributed by atoms with van der Waals surface area (Å²) in [7, 11) is 0. The Morgan fingerprint density at radius 3 is 2.90 bits per heavy atom. The fraction of sp³-hybridized carbons (Fsp3) is 0.533. The molecule has 0 amide bonds. The number of anilines is 2. The van der Waals surface area contributed by atoms with Gasteiger partial charge in [-0.05, 0) is 31.2 Å². The van der Waals surface area contributed by atoms with Gasteiger partial charge in [-0.2, -0.15) is 5.10 Å². The highest BCUT2D eigenvalue weighted by atomic mass is 15.3. The van der Waals surface area contributed by atoms with E-state index in [2.05, 4.69) is 34.2 Å². The van der Waals surface area contributed by atoms with Crippen LogP contribution in [0.1, 0.15) is 44.9 Å². The van der Waals surface area contributed by atoms with E-state index < -0.39 is 0 Å². The zero-order valence-electron chi connectivity index (χ0n) is 12.1. The minimum absolute atomic E-state index is 0.570. The minimum atomic E-state index is 0.570. The van der Waals surface area contributed by atoms with Crippen LogP contribution in [0, 0.1) is 5.92 Å². The zero-order valence-corrected chi connectivity index (χ0v) is 12.1. The van der Waals surface area contributed by atoms with Gasteiger partial charge in [0.05, 0.1) is 0 Å². The lowest BCUT2D eigenvalue weighted by Crippen LogP contribution is -2.03. The second-order valence-corrected chi connectivity index (χ2v) is 5.85. The number of nitrogens with one attached hydrogen (secondary N) is 1. The van der Waals surface area contributed by atoms with Crippen molar-refractivity contribution in [3.63, 3.8) is 0 Å². The molecule has 0 atom stereocenters. The van der Waals surface area contributed by atoms with Gasteiger partial charge in [-0.25, -0.2) is 9.97 Å². The predicted molar refractivity (Wildman–Crippen MR) is 79.0 cm³/mol. The van der Waals surface area contributed by atoms with Crippen molar-refractivity contribution in [2.45, 2.75) is 45.6 Å². The molecule has 5 heteroatoms. The number of rotatable bonds is 6. The van der Waals surface area contributed by atoms with E-state index in [1.165, 1.54) is 12.8 Å². The van der Waals surface area contributed by atoms with E-state index in [1.807, 2.05) is 29.2 Å². The Labute approximate surface area is 119 Å². The molecular formula is C15H21N5. The molecule has 0 spiro atoms. The molecule has 0 aromatic carbocycles. The highest BCUT2D eigenvalue weighted by Crippen LogP contribution is 2.38. The second kappa shape index (κ2) is 5.61. The molecule has 0 bridgehead atoms. The van der Waals surface area contributed by atoms with Crippen molar-refractivity contribution in [1.29, 1.82) is 0 Å². The van der Waals surface area contributed by atoms with Gasteiger partial charge < -0.3 is 5.32 Å².